The van der Waals surface area contributed by atoms with Crippen molar-refractivity contribution in [1.82, 2.24) is 10.2 Å². The number of hydrogen-bond donors (Lipinski definition) is 2. The van der Waals surface area contributed by atoms with E-state index in [1.54, 1.807) is 11.3 Å². The van der Waals surface area contributed by atoms with Crippen LogP contribution in [0.3, 0.4) is 0 Å². The van der Waals surface area contributed by atoms with Crippen LogP contribution in [0.25, 0.3) is 11.3 Å². The molecule has 0 spiro atoms. The quantitative estimate of drug-likeness (QED) is 0.695. The minimum absolute atomic E-state index is 0.0996. The number of fused-ring (bicyclic) bond motifs is 1. The summed E-state index contributed by atoms with van der Waals surface area (Å²) in [4.78, 5) is 0. The first-order chi connectivity index (χ1) is 13.2. The fraction of sp³-hybridized carbons (Fsp3) is 0.200. The third-order valence-electron chi connectivity index (χ3n) is 4.43. The maximum absolute atomic E-state index is 9.66. The van der Waals surface area contributed by atoms with Gasteiger partial charge in [0.15, 0.2) is 0 Å². The van der Waals surface area contributed by atoms with Crippen molar-refractivity contribution in [3.8, 4) is 29.0 Å². The van der Waals surface area contributed by atoms with Gasteiger partial charge in [0, 0.05) is 5.56 Å². The molecule has 7 heteroatoms. The average molecular weight is 378 g/mol. The molecule has 1 atom stereocenters. The second-order valence-corrected chi connectivity index (χ2v) is 6.95. The second kappa shape index (κ2) is 7.17. The molecule has 1 aromatic carbocycles. The Kier molecular flexibility index (Phi) is 4.57. The van der Waals surface area contributed by atoms with E-state index in [2.05, 4.69) is 23.2 Å². The van der Waals surface area contributed by atoms with Gasteiger partial charge in [0.2, 0.25) is 11.8 Å². The van der Waals surface area contributed by atoms with Gasteiger partial charge in [0.25, 0.3) is 0 Å². The number of allylic oxidation sites excluding steroid dienone is 1. The van der Waals surface area contributed by atoms with Crippen LogP contribution in [0.5, 0.6) is 11.6 Å². The number of nitrogens with one attached hydrogen (secondary N) is 1. The first-order valence-electron chi connectivity index (χ1n) is 8.64. The van der Waals surface area contributed by atoms with E-state index in [4.69, 9.17) is 15.2 Å². The van der Waals surface area contributed by atoms with Crippen LogP contribution in [-0.2, 0) is 0 Å². The number of ether oxygens (including phenoxy) is 2. The summed E-state index contributed by atoms with van der Waals surface area (Å²) < 4.78 is 11.3. The molecule has 4 rings (SSSR count). The Labute approximate surface area is 160 Å². The fourth-order valence-electron chi connectivity index (χ4n) is 3.18. The monoisotopic (exact) mass is 378 g/mol. The molecule has 0 saturated carbocycles. The molecule has 3 aromatic rings. The van der Waals surface area contributed by atoms with Crippen LogP contribution in [0.2, 0.25) is 0 Å². The van der Waals surface area contributed by atoms with Gasteiger partial charge >= 0.3 is 0 Å². The Morgan fingerprint density at radius 1 is 1.33 bits per heavy atom. The van der Waals surface area contributed by atoms with Crippen molar-refractivity contribution in [3.05, 3.63) is 63.7 Å². The van der Waals surface area contributed by atoms with Gasteiger partial charge in [-0.2, -0.15) is 16.6 Å². The van der Waals surface area contributed by atoms with Crippen LogP contribution in [-0.4, -0.2) is 16.8 Å². The van der Waals surface area contributed by atoms with Crippen molar-refractivity contribution in [1.29, 1.82) is 5.26 Å². The predicted octanol–water partition coefficient (Wildman–Crippen LogP) is 4.15. The van der Waals surface area contributed by atoms with Gasteiger partial charge in [0.1, 0.15) is 17.4 Å². The minimum atomic E-state index is -0.310. The molecule has 0 radical (unpaired) electrons. The standard InChI is InChI=1S/C20H18N4O2S/c1-2-8-25-14-5-3-12(4-6-14)18-17-16(13-7-9-27-11-13)15(10-21)19(22)26-20(17)24-23-18/h3-7,9,11,16H,2,8,22H2,1H3,(H,23,24). The van der Waals surface area contributed by atoms with E-state index in [1.165, 1.54) is 0 Å². The smallest absolute Gasteiger partial charge is 0.244 e. The van der Waals surface area contributed by atoms with Crippen LogP contribution in [0.4, 0.5) is 0 Å². The lowest BCUT2D eigenvalue weighted by Gasteiger charge is -2.23. The largest absolute Gasteiger partial charge is 0.494 e. The van der Waals surface area contributed by atoms with Gasteiger partial charge in [-0.3, -0.25) is 5.10 Å². The van der Waals surface area contributed by atoms with Gasteiger partial charge < -0.3 is 15.2 Å². The molecule has 136 valence electrons. The van der Waals surface area contributed by atoms with Crippen LogP contribution in [0.1, 0.15) is 30.4 Å². The van der Waals surface area contributed by atoms with Crippen molar-refractivity contribution in [2.24, 2.45) is 5.73 Å². The van der Waals surface area contributed by atoms with Crippen molar-refractivity contribution in [3.63, 3.8) is 0 Å². The van der Waals surface area contributed by atoms with E-state index in [0.717, 1.165) is 34.6 Å². The zero-order valence-corrected chi connectivity index (χ0v) is 15.5. The molecule has 0 aliphatic carbocycles. The summed E-state index contributed by atoms with van der Waals surface area (Å²) in [5.74, 6) is 1.02. The lowest BCUT2D eigenvalue weighted by Crippen LogP contribution is -2.20. The maximum atomic E-state index is 9.66. The number of aromatic amines is 1. The Hall–Kier alpha value is -3.24. The Morgan fingerprint density at radius 3 is 2.81 bits per heavy atom. The van der Waals surface area contributed by atoms with Crippen molar-refractivity contribution in [2.75, 3.05) is 6.61 Å². The summed E-state index contributed by atoms with van der Waals surface area (Å²) in [6, 6.07) is 12.0. The predicted molar refractivity (Wildman–Crippen MR) is 103 cm³/mol. The molecule has 1 aliphatic heterocycles. The minimum Gasteiger partial charge on any atom is -0.494 e. The molecule has 0 saturated heterocycles. The Morgan fingerprint density at radius 2 is 2.15 bits per heavy atom. The highest BCUT2D eigenvalue weighted by Gasteiger charge is 2.35. The number of thiophene rings is 1. The van der Waals surface area contributed by atoms with Gasteiger partial charge in [0.05, 0.1) is 23.8 Å². The Balaban J connectivity index is 1.79. The van der Waals surface area contributed by atoms with Crippen LogP contribution in [0.15, 0.2) is 52.5 Å². The lowest BCUT2D eigenvalue weighted by atomic mass is 9.84. The molecular weight excluding hydrogens is 360 g/mol. The number of H-pyrrole nitrogens is 1. The number of benzene rings is 1. The number of hydrogen-bond acceptors (Lipinski definition) is 6. The summed E-state index contributed by atoms with van der Waals surface area (Å²) in [7, 11) is 0. The van der Waals surface area contributed by atoms with E-state index in [1.807, 2.05) is 41.1 Å². The first kappa shape index (κ1) is 17.2. The molecule has 0 fully saturated rings. The summed E-state index contributed by atoms with van der Waals surface area (Å²) in [6.45, 7) is 2.75. The van der Waals surface area contributed by atoms with Crippen molar-refractivity contribution >= 4 is 11.3 Å². The third kappa shape index (κ3) is 3.04. The van der Waals surface area contributed by atoms with E-state index in [0.29, 0.717) is 18.1 Å². The molecule has 0 amide bonds. The first-order valence-corrected chi connectivity index (χ1v) is 9.58. The van der Waals surface area contributed by atoms with Gasteiger partial charge in [-0.05, 0) is 53.1 Å². The molecule has 27 heavy (non-hydrogen) atoms. The molecule has 1 aliphatic rings. The van der Waals surface area contributed by atoms with E-state index in [-0.39, 0.29) is 11.8 Å². The van der Waals surface area contributed by atoms with Gasteiger partial charge in [-0.25, -0.2) is 0 Å². The molecule has 0 bridgehead atoms. The topological polar surface area (TPSA) is 97.0 Å². The van der Waals surface area contributed by atoms with Crippen LogP contribution in [0, 0.1) is 11.3 Å². The summed E-state index contributed by atoms with van der Waals surface area (Å²) in [5.41, 5.74) is 9.94. The molecule has 3 heterocycles. The van der Waals surface area contributed by atoms with Crippen LogP contribution >= 0.6 is 11.3 Å². The van der Waals surface area contributed by atoms with Crippen LogP contribution < -0.4 is 15.2 Å². The van der Waals surface area contributed by atoms with Crippen molar-refractivity contribution in [2.45, 2.75) is 19.3 Å². The normalized spacial score (nSPS) is 15.8. The van der Waals surface area contributed by atoms with E-state index < -0.39 is 0 Å². The fourth-order valence-corrected chi connectivity index (χ4v) is 3.86. The van der Waals surface area contributed by atoms with Crippen molar-refractivity contribution < 1.29 is 9.47 Å². The third-order valence-corrected chi connectivity index (χ3v) is 5.13. The van der Waals surface area contributed by atoms with E-state index in [9.17, 15) is 5.26 Å². The summed E-state index contributed by atoms with van der Waals surface area (Å²) >= 11 is 1.57. The maximum Gasteiger partial charge on any atom is 0.244 e. The summed E-state index contributed by atoms with van der Waals surface area (Å²) in [6.07, 6.45) is 0.958. The SMILES string of the molecule is CCCOc1ccc(-c2[nH]nc3c2C(c2ccsc2)C(C#N)=C(N)O3)cc1. The average Bonchev–Trinajstić information content (AvgIpc) is 3.35. The second-order valence-electron chi connectivity index (χ2n) is 6.17. The highest BCUT2D eigenvalue weighted by molar-refractivity contribution is 7.08. The van der Waals surface area contributed by atoms with Gasteiger partial charge in [-0.1, -0.05) is 6.92 Å². The lowest BCUT2D eigenvalue weighted by molar-refractivity contribution is 0.317. The highest BCUT2D eigenvalue weighted by atomic mass is 32.1. The van der Waals surface area contributed by atoms with E-state index >= 15 is 0 Å². The molecule has 6 nitrogen and oxygen atoms in total. The molecular formula is C20H18N4O2S. The number of aromatic nitrogens is 2. The summed E-state index contributed by atoms with van der Waals surface area (Å²) in [5, 5.41) is 21.0. The van der Waals surface area contributed by atoms with Gasteiger partial charge in [-0.15, -0.1) is 5.10 Å². The molecule has 3 N–H and O–H groups in total. The Bertz CT molecular complexity index is 1010. The number of nitriles is 1. The zero-order valence-electron chi connectivity index (χ0n) is 14.7. The number of nitrogens with zero attached hydrogens (tertiary/aromatic N) is 2. The highest BCUT2D eigenvalue weighted by Crippen LogP contribution is 2.46. The zero-order chi connectivity index (χ0) is 18.8. The number of nitrogens with two attached hydrogens (primary N) is 1. The molecule has 1 unspecified atom stereocenters. The number of rotatable bonds is 5. The molecule has 2 aromatic heterocycles.